The van der Waals surface area contributed by atoms with Gasteiger partial charge in [0.2, 0.25) is 5.95 Å². The standard InChI is InChI=1S/C21H32N4O/c1-4-5-6-7-8-14-26-20-11-9-10-18(15-20)16-22-17-19-12-13-23-21(24-19)25(2)3/h9-13,15,22H,4-8,14,16-17H2,1-3H3. The van der Waals surface area contributed by atoms with Crippen molar-refractivity contribution in [1.29, 1.82) is 0 Å². The minimum absolute atomic E-state index is 0.714. The summed E-state index contributed by atoms with van der Waals surface area (Å²) in [6.45, 7) is 4.54. The van der Waals surface area contributed by atoms with Gasteiger partial charge in [0, 0.05) is 33.4 Å². The average Bonchev–Trinajstić information content (AvgIpc) is 2.65. The maximum absolute atomic E-state index is 5.88. The van der Waals surface area contributed by atoms with Crippen LogP contribution in [-0.4, -0.2) is 30.7 Å². The highest BCUT2D eigenvalue weighted by atomic mass is 16.5. The zero-order valence-corrected chi connectivity index (χ0v) is 16.4. The molecule has 0 aliphatic heterocycles. The van der Waals surface area contributed by atoms with Crippen molar-refractivity contribution < 1.29 is 4.74 Å². The van der Waals surface area contributed by atoms with E-state index in [4.69, 9.17) is 4.74 Å². The van der Waals surface area contributed by atoms with Crippen LogP contribution in [0.4, 0.5) is 5.95 Å². The Labute approximate surface area is 157 Å². The number of ether oxygens (including phenoxy) is 1. The summed E-state index contributed by atoms with van der Waals surface area (Å²) < 4.78 is 5.88. The van der Waals surface area contributed by atoms with Crippen LogP contribution in [0.2, 0.25) is 0 Å². The van der Waals surface area contributed by atoms with Gasteiger partial charge in [0.15, 0.2) is 0 Å². The average molecular weight is 357 g/mol. The molecule has 0 unspecified atom stereocenters. The summed E-state index contributed by atoms with van der Waals surface area (Å²) in [5, 5.41) is 3.44. The minimum atomic E-state index is 0.714. The number of rotatable bonds is 12. The third-order valence-corrected chi connectivity index (χ3v) is 4.15. The molecule has 0 bridgehead atoms. The third-order valence-electron chi connectivity index (χ3n) is 4.15. The predicted molar refractivity (Wildman–Crippen MR) is 108 cm³/mol. The summed E-state index contributed by atoms with van der Waals surface area (Å²) in [7, 11) is 3.89. The van der Waals surface area contributed by atoms with Crippen LogP contribution in [0, 0.1) is 0 Å². The van der Waals surface area contributed by atoms with Crippen LogP contribution in [-0.2, 0) is 13.1 Å². The largest absolute Gasteiger partial charge is 0.494 e. The predicted octanol–water partition coefficient (Wildman–Crippen LogP) is 4.18. The van der Waals surface area contributed by atoms with Crippen LogP contribution < -0.4 is 15.0 Å². The van der Waals surface area contributed by atoms with Gasteiger partial charge in [0.1, 0.15) is 5.75 Å². The summed E-state index contributed by atoms with van der Waals surface area (Å²) in [5.74, 6) is 1.69. The number of benzene rings is 1. The zero-order chi connectivity index (χ0) is 18.6. The van der Waals surface area contributed by atoms with Gasteiger partial charge in [-0.15, -0.1) is 0 Å². The van der Waals surface area contributed by atoms with Crippen molar-refractivity contribution in [2.45, 2.75) is 52.1 Å². The summed E-state index contributed by atoms with van der Waals surface area (Å²) in [5.41, 5.74) is 2.21. The molecular weight excluding hydrogens is 324 g/mol. The number of aromatic nitrogens is 2. The quantitative estimate of drug-likeness (QED) is 0.578. The highest BCUT2D eigenvalue weighted by Gasteiger charge is 2.02. The van der Waals surface area contributed by atoms with E-state index in [9.17, 15) is 0 Å². The van der Waals surface area contributed by atoms with E-state index in [2.05, 4.69) is 40.4 Å². The number of nitrogens with zero attached hydrogens (tertiary/aromatic N) is 3. The Morgan fingerprint density at radius 1 is 1.04 bits per heavy atom. The number of anilines is 1. The topological polar surface area (TPSA) is 50.3 Å². The van der Waals surface area contributed by atoms with E-state index >= 15 is 0 Å². The van der Waals surface area contributed by atoms with Crippen molar-refractivity contribution in [3.05, 3.63) is 47.8 Å². The lowest BCUT2D eigenvalue weighted by molar-refractivity contribution is 0.304. The highest BCUT2D eigenvalue weighted by molar-refractivity contribution is 5.29. The second-order valence-electron chi connectivity index (χ2n) is 6.76. The Kier molecular flexibility index (Phi) is 8.90. The molecule has 1 N–H and O–H groups in total. The van der Waals surface area contributed by atoms with E-state index in [1.807, 2.05) is 31.1 Å². The summed E-state index contributed by atoms with van der Waals surface area (Å²) >= 11 is 0. The number of hydrogen-bond acceptors (Lipinski definition) is 5. The van der Waals surface area contributed by atoms with Crippen LogP contribution in [0.3, 0.4) is 0 Å². The molecule has 1 aromatic heterocycles. The normalized spacial score (nSPS) is 10.7. The fourth-order valence-electron chi connectivity index (χ4n) is 2.67. The number of nitrogens with one attached hydrogen (secondary N) is 1. The van der Waals surface area contributed by atoms with Crippen LogP contribution in [0.25, 0.3) is 0 Å². The lowest BCUT2D eigenvalue weighted by atomic mass is 10.2. The molecule has 5 nitrogen and oxygen atoms in total. The molecule has 0 saturated carbocycles. The van der Waals surface area contributed by atoms with Gasteiger partial charge >= 0.3 is 0 Å². The van der Waals surface area contributed by atoms with E-state index in [1.165, 1.54) is 31.2 Å². The van der Waals surface area contributed by atoms with E-state index in [0.29, 0.717) is 6.54 Å². The van der Waals surface area contributed by atoms with Crippen LogP contribution in [0.1, 0.15) is 50.3 Å². The molecule has 1 heterocycles. The smallest absolute Gasteiger partial charge is 0.225 e. The molecule has 2 aromatic rings. The summed E-state index contributed by atoms with van der Waals surface area (Å²) in [6, 6.07) is 10.3. The van der Waals surface area contributed by atoms with Crippen LogP contribution >= 0.6 is 0 Å². The van der Waals surface area contributed by atoms with Gasteiger partial charge in [0.25, 0.3) is 0 Å². The van der Waals surface area contributed by atoms with Crippen molar-refractivity contribution in [1.82, 2.24) is 15.3 Å². The molecule has 0 atom stereocenters. The molecule has 0 radical (unpaired) electrons. The van der Waals surface area contributed by atoms with Gasteiger partial charge < -0.3 is 15.0 Å². The summed E-state index contributed by atoms with van der Waals surface area (Å²) in [4.78, 5) is 10.7. The summed E-state index contributed by atoms with van der Waals surface area (Å²) in [6.07, 6.45) is 8.09. The Morgan fingerprint density at radius 2 is 1.88 bits per heavy atom. The Balaban J connectivity index is 1.73. The molecule has 142 valence electrons. The molecule has 0 amide bonds. The first-order chi connectivity index (χ1) is 12.7. The molecule has 0 fully saturated rings. The monoisotopic (exact) mass is 356 g/mol. The molecule has 5 heteroatoms. The second kappa shape index (κ2) is 11.5. The van der Waals surface area contributed by atoms with Crippen molar-refractivity contribution in [2.75, 3.05) is 25.6 Å². The SMILES string of the molecule is CCCCCCCOc1cccc(CNCc2ccnc(N(C)C)n2)c1. The fraction of sp³-hybridized carbons (Fsp3) is 0.524. The van der Waals surface area contributed by atoms with Crippen molar-refractivity contribution in [2.24, 2.45) is 0 Å². The van der Waals surface area contributed by atoms with Gasteiger partial charge in [-0.25, -0.2) is 9.97 Å². The first kappa shape index (κ1) is 20.2. The lowest BCUT2D eigenvalue weighted by Gasteiger charge is -2.11. The van der Waals surface area contributed by atoms with Crippen molar-refractivity contribution in [3.8, 4) is 5.75 Å². The maximum Gasteiger partial charge on any atom is 0.225 e. The van der Waals surface area contributed by atoms with Gasteiger partial charge in [-0.05, 0) is 30.2 Å². The first-order valence-electron chi connectivity index (χ1n) is 9.60. The molecule has 26 heavy (non-hydrogen) atoms. The molecule has 0 spiro atoms. The number of hydrogen-bond donors (Lipinski definition) is 1. The first-order valence-corrected chi connectivity index (χ1v) is 9.60. The van der Waals surface area contributed by atoms with Crippen molar-refractivity contribution >= 4 is 5.95 Å². The van der Waals surface area contributed by atoms with Gasteiger partial charge in [-0.2, -0.15) is 0 Å². The minimum Gasteiger partial charge on any atom is -0.494 e. The molecule has 0 saturated heterocycles. The molecular formula is C21H32N4O. The fourth-order valence-corrected chi connectivity index (χ4v) is 2.67. The van der Waals surface area contributed by atoms with E-state index in [0.717, 1.165) is 37.0 Å². The van der Waals surface area contributed by atoms with Gasteiger partial charge in [0.05, 0.1) is 12.3 Å². The molecule has 2 rings (SSSR count). The van der Waals surface area contributed by atoms with Crippen LogP contribution in [0.5, 0.6) is 5.75 Å². The molecule has 1 aromatic carbocycles. The Bertz CT molecular complexity index is 645. The lowest BCUT2D eigenvalue weighted by Crippen LogP contribution is -2.17. The number of unbranched alkanes of at least 4 members (excludes halogenated alkanes) is 4. The maximum atomic E-state index is 5.88. The Morgan fingerprint density at radius 3 is 2.69 bits per heavy atom. The second-order valence-corrected chi connectivity index (χ2v) is 6.76. The van der Waals surface area contributed by atoms with Gasteiger partial charge in [-0.1, -0.05) is 44.7 Å². The third kappa shape index (κ3) is 7.40. The highest BCUT2D eigenvalue weighted by Crippen LogP contribution is 2.14. The van der Waals surface area contributed by atoms with Crippen molar-refractivity contribution in [3.63, 3.8) is 0 Å². The van der Waals surface area contributed by atoms with Crippen LogP contribution in [0.15, 0.2) is 36.5 Å². The molecule has 0 aliphatic carbocycles. The van der Waals surface area contributed by atoms with E-state index in [1.54, 1.807) is 6.20 Å². The molecule has 0 aliphatic rings. The van der Waals surface area contributed by atoms with E-state index in [-0.39, 0.29) is 0 Å². The van der Waals surface area contributed by atoms with Gasteiger partial charge in [-0.3, -0.25) is 0 Å². The van der Waals surface area contributed by atoms with E-state index < -0.39 is 0 Å². The zero-order valence-electron chi connectivity index (χ0n) is 16.4. The Hall–Kier alpha value is -2.14.